The highest BCUT2D eigenvalue weighted by Gasteiger charge is 2.20. The zero-order valence-corrected chi connectivity index (χ0v) is 6.09. The molecule has 1 rings (SSSR count). The molecule has 0 aromatic carbocycles. The summed E-state index contributed by atoms with van der Waals surface area (Å²) in [5.41, 5.74) is 0. The fourth-order valence-corrected chi connectivity index (χ4v) is 1.07. The highest BCUT2D eigenvalue weighted by Crippen LogP contribution is 2.14. The summed E-state index contributed by atoms with van der Waals surface area (Å²) >= 11 is 0. The Morgan fingerprint density at radius 1 is 1.56 bits per heavy atom. The van der Waals surface area contributed by atoms with Crippen LogP contribution in [0.4, 0.5) is 0 Å². The first-order chi connectivity index (χ1) is 4.33. The first kappa shape index (κ1) is 7.03. The van der Waals surface area contributed by atoms with Gasteiger partial charge in [-0.3, -0.25) is 0 Å². The highest BCUT2D eigenvalue weighted by molar-refractivity contribution is 4.61. The zero-order valence-electron chi connectivity index (χ0n) is 6.09. The minimum atomic E-state index is 0.0292. The van der Waals surface area contributed by atoms with Crippen LogP contribution >= 0.6 is 0 Å². The molecule has 9 heavy (non-hydrogen) atoms. The largest absolute Gasteiger partial charge is 0.350 e. The molecule has 0 saturated carbocycles. The second kappa shape index (κ2) is 3.18. The second-order valence-electron chi connectivity index (χ2n) is 2.45. The SMILES string of the molecule is CCC[C@H]1CO[C@@H](C)O1. The van der Waals surface area contributed by atoms with Gasteiger partial charge in [-0.2, -0.15) is 0 Å². The molecular formula is C7H14O2. The Balaban J connectivity index is 2.14. The lowest BCUT2D eigenvalue weighted by atomic mass is 10.2. The molecule has 1 fully saturated rings. The average Bonchev–Trinajstić information content (AvgIpc) is 2.17. The van der Waals surface area contributed by atoms with E-state index in [0.717, 1.165) is 13.0 Å². The maximum Gasteiger partial charge on any atom is 0.155 e. The molecule has 54 valence electrons. The fourth-order valence-electron chi connectivity index (χ4n) is 1.07. The van der Waals surface area contributed by atoms with Gasteiger partial charge < -0.3 is 9.47 Å². The molecule has 0 amide bonds. The van der Waals surface area contributed by atoms with E-state index in [1.807, 2.05) is 6.92 Å². The number of rotatable bonds is 2. The van der Waals surface area contributed by atoms with Crippen molar-refractivity contribution >= 4 is 0 Å². The van der Waals surface area contributed by atoms with Crippen molar-refractivity contribution in [3.63, 3.8) is 0 Å². The van der Waals surface area contributed by atoms with Crippen molar-refractivity contribution in [1.29, 1.82) is 0 Å². The van der Waals surface area contributed by atoms with E-state index in [0.29, 0.717) is 6.10 Å². The second-order valence-corrected chi connectivity index (χ2v) is 2.45. The molecule has 0 aromatic rings. The number of ether oxygens (including phenoxy) is 2. The van der Waals surface area contributed by atoms with E-state index < -0.39 is 0 Å². The third-order valence-electron chi connectivity index (χ3n) is 1.51. The van der Waals surface area contributed by atoms with E-state index in [9.17, 15) is 0 Å². The molecule has 2 heteroatoms. The maximum absolute atomic E-state index is 5.38. The molecule has 0 aromatic heterocycles. The summed E-state index contributed by atoms with van der Waals surface area (Å²) < 4.78 is 10.6. The quantitative estimate of drug-likeness (QED) is 0.564. The molecule has 1 saturated heterocycles. The molecule has 1 aliphatic rings. The summed E-state index contributed by atoms with van der Waals surface area (Å²) in [6, 6.07) is 0. The van der Waals surface area contributed by atoms with Crippen molar-refractivity contribution in [2.24, 2.45) is 0 Å². The van der Waals surface area contributed by atoms with Crippen molar-refractivity contribution < 1.29 is 9.47 Å². The lowest BCUT2D eigenvalue weighted by Gasteiger charge is -2.04. The minimum Gasteiger partial charge on any atom is -0.350 e. The highest BCUT2D eigenvalue weighted by atomic mass is 16.7. The lowest BCUT2D eigenvalue weighted by molar-refractivity contribution is -0.0432. The van der Waals surface area contributed by atoms with E-state index >= 15 is 0 Å². The molecule has 0 radical (unpaired) electrons. The van der Waals surface area contributed by atoms with E-state index in [-0.39, 0.29) is 6.29 Å². The van der Waals surface area contributed by atoms with E-state index in [1.54, 1.807) is 0 Å². The van der Waals surface area contributed by atoms with Gasteiger partial charge in [0, 0.05) is 0 Å². The summed E-state index contributed by atoms with van der Waals surface area (Å²) in [4.78, 5) is 0. The van der Waals surface area contributed by atoms with Crippen LogP contribution in [0.3, 0.4) is 0 Å². The molecule has 0 unspecified atom stereocenters. The van der Waals surface area contributed by atoms with Crippen molar-refractivity contribution in [2.45, 2.75) is 39.1 Å². The van der Waals surface area contributed by atoms with Crippen LogP contribution in [0.1, 0.15) is 26.7 Å². The fraction of sp³-hybridized carbons (Fsp3) is 1.00. The molecule has 1 aliphatic heterocycles. The predicted octanol–water partition coefficient (Wildman–Crippen LogP) is 1.55. The molecule has 1 heterocycles. The molecule has 2 nitrogen and oxygen atoms in total. The van der Waals surface area contributed by atoms with Gasteiger partial charge in [-0.1, -0.05) is 13.3 Å². The average molecular weight is 130 g/mol. The van der Waals surface area contributed by atoms with Gasteiger partial charge >= 0.3 is 0 Å². The van der Waals surface area contributed by atoms with Crippen LogP contribution in [0, 0.1) is 0 Å². The Kier molecular flexibility index (Phi) is 2.49. The summed E-state index contributed by atoms with van der Waals surface area (Å²) in [5.74, 6) is 0. The lowest BCUT2D eigenvalue weighted by Crippen LogP contribution is -2.09. The molecule has 0 spiro atoms. The van der Waals surface area contributed by atoms with Gasteiger partial charge in [0.05, 0.1) is 12.7 Å². The summed E-state index contributed by atoms with van der Waals surface area (Å²) in [5, 5.41) is 0. The third kappa shape index (κ3) is 1.95. The third-order valence-corrected chi connectivity index (χ3v) is 1.51. The molecule has 2 atom stereocenters. The molecule has 0 aliphatic carbocycles. The summed E-state index contributed by atoms with van der Waals surface area (Å²) in [6.07, 6.45) is 2.71. The van der Waals surface area contributed by atoms with Crippen LogP contribution in [0.25, 0.3) is 0 Å². The van der Waals surface area contributed by atoms with Gasteiger partial charge in [0.25, 0.3) is 0 Å². The van der Waals surface area contributed by atoms with Gasteiger partial charge in [-0.25, -0.2) is 0 Å². The van der Waals surface area contributed by atoms with Crippen LogP contribution < -0.4 is 0 Å². The molecule has 0 N–H and O–H groups in total. The Morgan fingerprint density at radius 3 is 2.78 bits per heavy atom. The first-order valence-corrected chi connectivity index (χ1v) is 3.60. The van der Waals surface area contributed by atoms with Crippen molar-refractivity contribution in [2.75, 3.05) is 6.61 Å². The van der Waals surface area contributed by atoms with Crippen LogP contribution in [-0.2, 0) is 9.47 Å². The Labute approximate surface area is 56.2 Å². The Hall–Kier alpha value is -0.0800. The van der Waals surface area contributed by atoms with Crippen LogP contribution in [0.2, 0.25) is 0 Å². The van der Waals surface area contributed by atoms with Gasteiger partial charge in [-0.15, -0.1) is 0 Å². The first-order valence-electron chi connectivity index (χ1n) is 3.60. The van der Waals surface area contributed by atoms with Crippen LogP contribution in [0.15, 0.2) is 0 Å². The Morgan fingerprint density at radius 2 is 2.33 bits per heavy atom. The predicted molar refractivity (Wildman–Crippen MR) is 35.2 cm³/mol. The number of hydrogen-bond donors (Lipinski definition) is 0. The topological polar surface area (TPSA) is 18.5 Å². The normalized spacial score (nSPS) is 35.3. The van der Waals surface area contributed by atoms with E-state index in [4.69, 9.17) is 9.47 Å². The smallest absolute Gasteiger partial charge is 0.155 e. The summed E-state index contributed by atoms with van der Waals surface area (Å²) in [7, 11) is 0. The van der Waals surface area contributed by atoms with E-state index in [2.05, 4.69) is 6.92 Å². The molecule has 0 bridgehead atoms. The van der Waals surface area contributed by atoms with Gasteiger partial charge in [0.2, 0.25) is 0 Å². The maximum atomic E-state index is 5.38. The standard InChI is InChI=1S/C7H14O2/c1-3-4-7-5-8-6(2)9-7/h6-7H,3-5H2,1-2H3/t6-,7+/m1/s1. The summed E-state index contributed by atoms with van der Waals surface area (Å²) in [6.45, 7) is 4.89. The van der Waals surface area contributed by atoms with Gasteiger partial charge in [0.1, 0.15) is 0 Å². The van der Waals surface area contributed by atoms with Crippen molar-refractivity contribution in [3.05, 3.63) is 0 Å². The minimum absolute atomic E-state index is 0.0292. The van der Waals surface area contributed by atoms with Crippen LogP contribution in [0.5, 0.6) is 0 Å². The van der Waals surface area contributed by atoms with Gasteiger partial charge in [-0.05, 0) is 13.3 Å². The Bertz CT molecular complexity index is 81.0. The molecular weight excluding hydrogens is 116 g/mol. The monoisotopic (exact) mass is 130 g/mol. The zero-order chi connectivity index (χ0) is 6.69. The van der Waals surface area contributed by atoms with Gasteiger partial charge in [0.15, 0.2) is 6.29 Å². The number of hydrogen-bond acceptors (Lipinski definition) is 2. The van der Waals surface area contributed by atoms with E-state index in [1.165, 1.54) is 6.42 Å². The van der Waals surface area contributed by atoms with Crippen molar-refractivity contribution in [3.8, 4) is 0 Å². The van der Waals surface area contributed by atoms with Crippen molar-refractivity contribution in [1.82, 2.24) is 0 Å². The van der Waals surface area contributed by atoms with Crippen LogP contribution in [-0.4, -0.2) is 19.0 Å².